The third kappa shape index (κ3) is 7.21. The average Bonchev–Trinajstić information content (AvgIpc) is 2.66. The van der Waals surface area contributed by atoms with Gasteiger partial charge in [-0.25, -0.2) is 4.99 Å². The molecule has 0 aromatic heterocycles. The van der Waals surface area contributed by atoms with Crippen LogP contribution in [0.15, 0.2) is 29.3 Å². The topological polar surface area (TPSA) is 82.8 Å². The predicted octanol–water partition coefficient (Wildman–Crippen LogP) is 2.24. The van der Waals surface area contributed by atoms with Gasteiger partial charge in [0.15, 0.2) is 5.96 Å². The summed E-state index contributed by atoms with van der Waals surface area (Å²) in [5, 5.41) is 6.42. The summed E-state index contributed by atoms with van der Waals surface area (Å²) in [7, 11) is 0. The summed E-state index contributed by atoms with van der Waals surface area (Å²) < 4.78 is 0. The maximum absolute atomic E-state index is 11.5. The summed E-state index contributed by atoms with van der Waals surface area (Å²) in [6, 6.07) is 8.71. The van der Waals surface area contributed by atoms with E-state index < -0.39 is 5.41 Å². The Morgan fingerprint density at radius 3 is 2.33 bits per heavy atom. The van der Waals surface area contributed by atoms with Crippen molar-refractivity contribution < 1.29 is 4.79 Å². The van der Waals surface area contributed by atoms with Gasteiger partial charge in [-0.3, -0.25) is 9.69 Å². The molecule has 0 aliphatic carbocycles. The SMILES string of the molecule is CCNC(=NCc1ccc(CN2CCCCC2)cc1)NCC(C)(C)C(N)=O. The van der Waals surface area contributed by atoms with Gasteiger partial charge in [0.25, 0.3) is 0 Å². The first-order chi connectivity index (χ1) is 12.9. The van der Waals surface area contributed by atoms with Gasteiger partial charge < -0.3 is 16.4 Å². The van der Waals surface area contributed by atoms with Gasteiger partial charge in [0.05, 0.1) is 12.0 Å². The number of guanidine groups is 1. The number of piperidine rings is 1. The normalized spacial score (nSPS) is 16.2. The molecule has 0 bridgehead atoms. The summed E-state index contributed by atoms with van der Waals surface area (Å²) in [6.07, 6.45) is 4.01. The third-order valence-electron chi connectivity index (χ3n) is 5.01. The van der Waals surface area contributed by atoms with Crippen molar-refractivity contribution in [2.24, 2.45) is 16.1 Å². The number of primary amides is 1. The minimum Gasteiger partial charge on any atom is -0.369 e. The Hall–Kier alpha value is -2.08. The lowest BCUT2D eigenvalue weighted by atomic mass is 9.93. The molecule has 0 unspecified atom stereocenters. The molecule has 6 nitrogen and oxygen atoms in total. The standard InChI is InChI=1S/C21H35N5O/c1-4-23-20(25-16-21(2,3)19(22)27)24-14-17-8-10-18(11-9-17)15-26-12-6-5-7-13-26/h8-11H,4-7,12-16H2,1-3H3,(H2,22,27)(H2,23,24,25). The van der Waals surface area contributed by atoms with Crippen molar-refractivity contribution in [3.8, 4) is 0 Å². The van der Waals surface area contributed by atoms with Crippen LogP contribution in [0, 0.1) is 5.41 Å². The zero-order chi connectivity index (χ0) is 19.7. The number of carbonyl (C=O) groups is 1. The number of hydrogen-bond donors (Lipinski definition) is 3. The number of nitrogens with two attached hydrogens (primary N) is 1. The number of nitrogens with one attached hydrogen (secondary N) is 2. The molecule has 27 heavy (non-hydrogen) atoms. The first-order valence-corrected chi connectivity index (χ1v) is 10.0. The predicted molar refractivity (Wildman–Crippen MR) is 111 cm³/mol. The highest BCUT2D eigenvalue weighted by atomic mass is 16.1. The van der Waals surface area contributed by atoms with Crippen molar-refractivity contribution in [1.29, 1.82) is 0 Å². The number of carbonyl (C=O) groups excluding carboxylic acids is 1. The van der Waals surface area contributed by atoms with E-state index in [4.69, 9.17) is 5.73 Å². The molecule has 2 rings (SSSR count). The van der Waals surface area contributed by atoms with Gasteiger partial charge in [-0.1, -0.05) is 30.7 Å². The largest absolute Gasteiger partial charge is 0.369 e. The Kier molecular flexibility index (Phi) is 8.10. The average molecular weight is 374 g/mol. The van der Waals surface area contributed by atoms with Gasteiger partial charge in [0.1, 0.15) is 0 Å². The van der Waals surface area contributed by atoms with Crippen LogP contribution in [0.5, 0.6) is 0 Å². The fourth-order valence-corrected chi connectivity index (χ4v) is 3.03. The number of benzene rings is 1. The van der Waals surface area contributed by atoms with Gasteiger partial charge in [-0.15, -0.1) is 0 Å². The highest BCUT2D eigenvalue weighted by Crippen LogP contribution is 2.14. The number of hydrogen-bond acceptors (Lipinski definition) is 3. The quantitative estimate of drug-likeness (QED) is 0.482. The lowest BCUT2D eigenvalue weighted by molar-refractivity contribution is -0.125. The molecule has 0 radical (unpaired) electrons. The first-order valence-electron chi connectivity index (χ1n) is 10.0. The van der Waals surface area contributed by atoms with E-state index in [1.807, 2.05) is 20.8 Å². The molecule has 6 heteroatoms. The van der Waals surface area contributed by atoms with E-state index in [1.165, 1.54) is 43.5 Å². The smallest absolute Gasteiger partial charge is 0.224 e. The van der Waals surface area contributed by atoms with Crippen LogP contribution in [0.3, 0.4) is 0 Å². The van der Waals surface area contributed by atoms with Gasteiger partial charge in [0.2, 0.25) is 5.91 Å². The van der Waals surface area contributed by atoms with E-state index in [1.54, 1.807) is 0 Å². The van der Waals surface area contributed by atoms with Gasteiger partial charge in [-0.05, 0) is 57.8 Å². The van der Waals surface area contributed by atoms with Gasteiger partial charge in [0, 0.05) is 19.6 Å². The Morgan fingerprint density at radius 2 is 1.74 bits per heavy atom. The lowest BCUT2D eigenvalue weighted by Gasteiger charge is -2.26. The molecule has 1 aromatic carbocycles. The molecule has 150 valence electrons. The van der Waals surface area contributed by atoms with Crippen molar-refractivity contribution in [2.45, 2.75) is 53.1 Å². The van der Waals surface area contributed by atoms with E-state index >= 15 is 0 Å². The molecule has 0 atom stereocenters. The molecule has 1 heterocycles. The fourth-order valence-electron chi connectivity index (χ4n) is 3.03. The van der Waals surface area contributed by atoms with Crippen molar-refractivity contribution in [2.75, 3.05) is 26.2 Å². The summed E-state index contributed by atoms with van der Waals surface area (Å²) in [5.41, 5.74) is 7.34. The van der Waals surface area contributed by atoms with Crippen molar-refractivity contribution >= 4 is 11.9 Å². The first kappa shape index (κ1) is 21.2. The van der Waals surface area contributed by atoms with Crippen molar-refractivity contribution in [1.82, 2.24) is 15.5 Å². The van der Waals surface area contributed by atoms with E-state index in [2.05, 4.69) is 44.8 Å². The monoisotopic (exact) mass is 373 g/mol. The molecule has 4 N–H and O–H groups in total. The van der Waals surface area contributed by atoms with Crippen LogP contribution < -0.4 is 16.4 Å². The molecular weight excluding hydrogens is 338 g/mol. The second-order valence-corrected chi connectivity index (χ2v) is 7.95. The highest BCUT2D eigenvalue weighted by molar-refractivity contribution is 5.83. The van der Waals surface area contributed by atoms with E-state index in [-0.39, 0.29) is 5.91 Å². The maximum atomic E-state index is 11.5. The van der Waals surface area contributed by atoms with Crippen LogP contribution in [0.2, 0.25) is 0 Å². The lowest BCUT2D eigenvalue weighted by Crippen LogP contribution is -2.46. The van der Waals surface area contributed by atoms with E-state index in [0.29, 0.717) is 19.0 Å². The van der Waals surface area contributed by atoms with Crippen LogP contribution in [0.4, 0.5) is 0 Å². The molecule has 1 fully saturated rings. The number of aliphatic imine (C=N–C) groups is 1. The molecule has 1 aliphatic rings. The van der Waals surface area contributed by atoms with Gasteiger partial charge in [-0.2, -0.15) is 0 Å². The van der Waals surface area contributed by atoms with E-state index in [9.17, 15) is 4.79 Å². The number of nitrogens with zero attached hydrogens (tertiary/aromatic N) is 2. The van der Waals surface area contributed by atoms with Crippen molar-refractivity contribution in [3.05, 3.63) is 35.4 Å². The van der Waals surface area contributed by atoms with E-state index in [0.717, 1.165) is 13.1 Å². The zero-order valence-electron chi connectivity index (χ0n) is 17.1. The fraction of sp³-hybridized carbons (Fsp3) is 0.619. The Balaban J connectivity index is 1.89. The number of amides is 1. The van der Waals surface area contributed by atoms with Crippen LogP contribution in [-0.4, -0.2) is 42.9 Å². The second kappa shape index (κ2) is 10.3. The van der Waals surface area contributed by atoms with Crippen LogP contribution in [0.1, 0.15) is 51.2 Å². The minimum atomic E-state index is -0.619. The van der Waals surface area contributed by atoms with Gasteiger partial charge >= 0.3 is 0 Å². The summed E-state index contributed by atoms with van der Waals surface area (Å²) in [6.45, 7) is 10.9. The molecule has 0 spiro atoms. The highest BCUT2D eigenvalue weighted by Gasteiger charge is 2.24. The maximum Gasteiger partial charge on any atom is 0.224 e. The van der Waals surface area contributed by atoms with Crippen LogP contribution in [-0.2, 0) is 17.9 Å². The molecule has 0 saturated carbocycles. The molecule has 1 aromatic rings. The summed E-state index contributed by atoms with van der Waals surface area (Å²) in [4.78, 5) is 18.6. The summed E-state index contributed by atoms with van der Waals surface area (Å²) in [5.74, 6) is 0.374. The van der Waals surface area contributed by atoms with Crippen molar-refractivity contribution in [3.63, 3.8) is 0 Å². The Labute approximate surface area is 163 Å². The molecule has 1 saturated heterocycles. The number of rotatable bonds is 8. The molecule has 1 amide bonds. The zero-order valence-corrected chi connectivity index (χ0v) is 17.1. The van der Waals surface area contributed by atoms with Crippen LogP contribution in [0.25, 0.3) is 0 Å². The van der Waals surface area contributed by atoms with Crippen LogP contribution >= 0.6 is 0 Å². The second-order valence-electron chi connectivity index (χ2n) is 7.95. The molecule has 1 aliphatic heterocycles. The summed E-state index contributed by atoms with van der Waals surface area (Å²) >= 11 is 0. The third-order valence-corrected chi connectivity index (χ3v) is 5.01. The Bertz CT molecular complexity index is 618. The minimum absolute atomic E-state index is 0.324. The Morgan fingerprint density at radius 1 is 1.11 bits per heavy atom. The molecular formula is C21H35N5O. The number of likely N-dealkylation sites (tertiary alicyclic amines) is 1.